The molecule has 6 rings (SSSR count). The molecule has 0 aromatic rings. The van der Waals surface area contributed by atoms with Crippen LogP contribution in [0.15, 0.2) is 23.8 Å². The molecule has 1 N–H and O–H groups in total. The molecule has 2 heterocycles. The molecule has 2 aliphatic heterocycles. The molecular formula is C27H40O4. The molecule has 0 spiro atoms. The molecule has 4 aliphatic carbocycles. The summed E-state index contributed by atoms with van der Waals surface area (Å²) in [5, 5.41) is 10.4. The normalized spacial score (nSPS) is 53.6. The summed E-state index contributed by atoms with van der Waals surface area (Å²) < 4.78 is 18.5. The second kappa shape index (κ2) is 6.68. The van der Waals surface area contributed by atoms with E-state index in [0.29, 0.717) is 29.1 Å². The summed E-state index contributed by atoms with van der Waals surface area (Å²) >= 11 is 0. The Morgan fingerprint density at radius 3 is 2.52 bits per heavy atom. The van der Waals surface area contributed by atoms with Crippen LogP contribution in [0.4, 0.5) is 0 Å². The van der Waals surface area contributed by atoms with E-state index in [2.05, 4.69) is 52.8 Å². The maximum atomic E-state index is 10.4. The van der Waals surface area contributed by atoms with Gasteiger partial charge in [0.1, 0.15) is 12.2 Å². The highest BCUT2D eigenvalue weighted by Gasteiger charge is 2.66. The number of fused-ring (bicyclic) bond motifs is 7. The second-order valence-electron chi connectivity index (χ2n) is 12.8. The molecule has 4 heteroatoms. The molecule has 0 aromatic heterocycles. The number of ether oxygens (including phenoxy) is 3. The lowest BCUT2D eigenvalue weighted by molar-refractivity contribution is -0.252. The summed E-state index contributed by atoms with van der Waals surface area (Å²) in [6.07, 6.45) is 11.8. The van der Waals surface area contributed by atoms with Crippen LogP contribution in [0.25, 0.3) is 0 Å². The van der Waals surface area contributed by atoms with Crippen molar-refractivity contribution in [3.8, 4) is 0 Å². The van der Waals surface area contributed by atoms with Gasteiger partial charge in [0, 0.05) is 16.7 Å². The number of allylic oxidation sites excluding steroid dienone is 2. The minimum Gasteiger partial charge on any atom is -0.386 e. The topological polar surface area (TPSA) is 51.2 Å². The van der Waals surface area contributed by atoms with E-state index in [9.17, 15) is 5.11 Å². The summed E-state index contributed by atoms with van der Waals surface area (Å²) in [6, 6.07) is 0. The average molecular weight is 429 g/mol. The van der Waals surface area contributed by atoms with Gasteiger partial charge in [-0.25, -0.2) is 0 Å². The van der Waals surface area contributed by atoms with Crippen LogP contribution >= 0.6 is 0 Å². The van der Waals surface area contributed by atoms with Crippen LogP contribution in [0, 0.1) is 45.8 Å². The fraction of sp³-hybridized carbons (Fsp3) is 0.852. The minimum absolute atomic E-state index is 0.0235. The van der Waals surface area contributed by atoms with Crippen molar-refractivity contribution >= 4 is 0 Å². The summed E-state index contributed by atoms with van der Waals surface area (Å²) in [5.74, 6) is 3.05. The van der Waals surface area contributed by atoms with E-state index >= 15 is 0 Å². The Labute approximate surface area is 187 Å². The number of aliphatic hydroxyl groups is 1. The predicted molar refractivity (Wildman–Crippen MR) is 119 cm³/mol. The first-order valence-corrected chi connectivity index (χ1v) is 12.6. The van der Waals surface area contributed by atoms with Crippen LogP contribution in [0.1, 0.15) is 60.3 Å². The molecule has 0 radical (unpaired) electrons. The zero-order valence-electron chi connectivity index (χ0n) is 19.8. The van der Waals surface area contributed by atoms with Gasteiger partial charge in [0.15, 0.2) is 6.29 Å². The fourth-order valence-corrected chi connectivity index (χ4v) is 8.63. The number of aliphatic hydroxyl groups excluding tert-OH is 1. The second-order valence-corrected chi connectivity index (χ2v) is 12.8. The molecule has 31 heavy (non-hydrogen) atoms. The van der Waals surface area contributed by atoms with Crippen molar-refractivity contribution < 1.29 is 19.3 Å². The van der Waals surface area contributed by atoms with Gasteiger partial charge in [-0.1, -0.05) is 46.8 Å². The van der Waals surface area contributed by atoms with Gasteiger partial charge in [0.25, 0.3) is 0 Å². The molecule has 6 aliphatic rings. The van der Waals surface area contributed by atoms with Crippen molar-refractivity contribution in [3.05, 3.63) is 23.8 Å². The Kier molecular flexibility index (Phi) is 4.50. The molecule has 4 fully saturated rings. The van der Waals surface area contributed by atoms with E-state index < -0.39 is 6.10 Å². The average Bonchev–Trinajstić information content (AvgIpc) is 3.46. The van der Waals surface area contributed by atoms with Crippen LogP contribution in [0.3, 0.4) is 0 Å². The third-order valence-corrected chi connectivity index (χ3v) is 10.4. The van der Waals surface area contributed by atoms with Gasteiger partial charge < -0.3 is 19.3 Å². The van der Waals surface area contributed by atoms with Crippen LogP contribution < -0.4 is 0 Å². The smallest absolute Gasteiger partial charge is 0.160 e. The lowest BCUT2D eigenvalue weighted by atomic mass is 9.48. The molecule has 2 saturated heterocycles. The van der Waals surface area contributed by atoms with Crippen LogP contribution in [-0.2, 0) is 14.2 Å². The maximum absolute atomic E-state index is 10.4. The molecule has 172 valence electrons. The van der Waals surface area contributed by atoms with Crippen molar-refractivity contribution in [1.29, 1.82) is 0 Å². The van der Waals surface area contributed by atoms with E-state index in [1.807, 2.05) is 0 Å². The van der Waals surface area contributed by atoms with E-state index in [4.69, 9.17) is 14.2 Å². The Bertz CT molecular complexity index is 806. The van der Waals surface area contributed by atoms with Crippen molar-refractivity contribution in [2.75, 3.05) is 13.2 Å². The van der Waals surface area contributed by atoms with Gasteiger partial charge in [-0.2, -0.15) is 0 Å². The van der Waals surface area contributed by atoms with E-state index in [1.165, 1.54) is 31.3 Å². The largest absolute Gasteiger partial charge is 0.386 e. The van der Waals surface area contributed by atoms with Crippen molar-refractivity contribution in [2.45, 2.75) is 84.9 Å². The zero-order chi connectivity index (χ0) is 21.8. The van der Waals surface area contributed by atoms with Crippen molar-refractivity contribution in [1.82, 2.24) is 0 Å². The predicted octanol–water partition coefficient (Wildman–Crippen LogP) is 4.72. The summed E-state index contributed by atoms with van der Waals surface area (Å²) in [5.41, 5.74) is 1.86. The van der Waals surface area contributed by atoms with Crippen LogP contribution in [0.2, 0.25) is 0 Å². The molecule has 0 bridgehead atoms. The Hall–Kier alpha value is -0.680. The van der Waals surface area contributed by atoms with Crippen LogP contribution in [0.5, 0.6) is 0 Å². The Morgan fingerprint density at radius 2 is 1.77 bits per heavy atom. The lowest BCUT2D eigenvalue weighted by Crippen LogP contribution is -2.53. The molecule has 0 aromatic carbocycles. The molecule has 4 nitrogen and oxygen atoms in total. The fourth-order valence-electron chi connectivity index (χ4n) is 8.63. The molecule has 2 saturated carbocycles. The summed E-state index contributed by atoms with van der Waals surface area (Å²) in [7, 11) is 0. The first-order chi connectivity index (χ1) is 14.6. The van der Waals surface area contributed by atoms with Gasteiger partial charge in [0.2, 0.25) is 0 Å². The van der Waals surface area contributed by atoms with E-state index in [-0.39, 0.29) is 29.3 Å². The first kappa shape index (κ1) is 20.9. The minimum atomic E-state index is -0.430. The lowest BCUT2D eigenvalue weighted by Gasteiger charge is -2.56. The van der Waals surface area contributed by atoms with E-state index in [0.717, 1.165) is 19.1 Å². The standard InChI is InChI=1S/C27H40O4/c1-15(24-29-13-25(2,3)14-30-24)18-8-9-19-17-7-6-16-12-21(28)22-23(31-22)27(16,5)20(17)10-11-26(18,19)4/h6-7,12,15,17-24,28H,8-11,13-14H2,1-5H3/t15?,17-,18+,19-,20-,21-,22-,23-,26+,27-/m0/s1. The first-order valence-electron chi connectivity index (χ1n) is 12.6. The number of hydrogen-bond donors (Lipinski definition) is 1. The third kappa shape index (κ3) is 2.87. The highest BCUT2D eigenvalue weighted by molar-refractivity contribution is 5.41. The van der Waals surface area contributed by atoms with Gasteiger partial charge >= 0.3 is 0 Å². The molecule has 1 unspecified atom stereocenters. The zero-order valence-corrected chi connectivity index (χ0v) is 19.8. The highest BCUT2D eigenvalue weighted by atomic mass is 16.7. The van der Waals surface area contributed by atoms with E-state index in [1.54, 1.807) is 0 Å². The van der Waals surface area contributed by atoms with Crippen molar-refractivity contribution in [3.63, 3.8) is 0 Å². The van der Waals surface area contributed by atoms with Gasteiger partial charge in [-0.15, -0.1) is 0 Å². The monoisotopic (exact) mass is 428 g/mol. The molecular weight excluding hydrogens is 388 g/mol. The van der Waals surface area contributed by atoms with Crippen LogP contribution in [-0.4, -0.2) is 42.9 Å². The number of rotatable bonds is 2. The van der Waals surface area contributed by atoms with Gasteiger partial charge in [-0.3, -0.25) is 0 Å². The quantitative estimate of drug-likeness (QED) is 0.647. The third-order valence-electron chi connectivity index (χ3n) is 10.4. The molecule has 10 atom stereocenters. The van der Waals surface area contributed by atoms with Gasteiger partial charge in [0.05, 0.1) is 19.3 Å². The van der Waals surface area contributed by atoms with Crippen molar-refractivity contribution in [2.24, 2.45) is 45.8 Å². The summed E-state index contributed by atoms with van der Waals surface area (Å²) in [6.45, 7) is 13.4. The Morgan fingerprint density at radius 1 is 1.03 bits per heavy atom. The molecule has 0 amide bonds. The number of epoxide rings is 1. The number of hydrogen-bond acceptors (Lipinski definition) is 4. The highest BCUT2D eigenvalue weighted by Crippen LogP contribution is 2.68. The SMILES string of the molecule is CC(C1OCC(C)(C)CO1)[C@H]1CC[C@H]2[C@@H]3C=CC4=C[C@H](O)[C@@H]5O[C@@H]5[C@]4(C)[C@H]3CC[C@]12C. The Balaban J connectivity index is 1.25. The summed E-state index contributed by atoms with van der Waals surface area (Å²) in [4.78, 5) is 0. The van der Waals surface area contributed by atoms with Gasteiger partial charge in [-0.05, 0) is 66.4 Å². The maximum Gasteiger partial charge on any atom is 0.160 e.